The van der Waals surface area contributed by atoms with Crippen LogP contribution < -0.4 is 15.0 Å². The number of anilines is 2. The van der Waals surface area contributed by atoms with E-state index in [2.05, 4.69) is 5.32 Å². The number of aryl methyl sites for hydroxylation is 1. The van der Waals surface area contributed by atoms with Crippen LogP contribution in [0.3, 0.4) is 0 Å². The average molecular weight is 490 g/mol. The van der Waals surface area contributed by atoms with Crippen LogP contribution in [0.5, 0.6) is 5.75 Å². The maximum absolute atomic E-state index is 12.6. The fourth-order valence-corrected chi connectivity index (χ4v) is 3.64. The van der Waals surface area contributed by atoms with Crippen LogP contribution in [-0.4, -0.2) is 55.7 Å². The molecule has 32 heavy (non-hydrogen) atoms. The molecule has 0 atom stereocenters. The molecule has 0 bridgehead atoms. The van der Waals surface area contributed by atoms with E-state index in [1.165, 1.54) is 0 Å². The number of alkyl halides is 3. The molecule has 1 saturated heterocycles. The number of piperazine rings is 1. The summed E-state index contributed by atoms with van der Waals surface area (Å²) in [7, 11) is 0. The second-order valence-electron chi connectivity index (χ2n) is 7.19. The molecule has 0 spiro atoms. The molecule has 6 nitrogen and oxygen atoms in total. The van der Waals surface area contributed by atoms with Crippen molar-refractivity contribution in [2.24, 2.45) is 0 Å². The zero-order valence-corrected chi connectivity index (χ0v) is 18.5. The summed E-state index contributed by atoms with van der Waals surface area (Å²) in [4.78, 5) is 26.1. The van der Waals surface area contributed by atoms with Gasteiger partial charge in [-0.25, -0.2) is 0 Å². The highest BCUT2D eigenvalue weighted by Crippen LogP contribution is 2.30. The fourth-order valence-electron chi connectivity index (χ4n) is 3.22. The minimum Gasteiger partial charge on any atom is -0.484 e. The first kappa shape index (κ1) is 24.0. The number of hydrogen-bond acceptors (Lipinski definition) is 4. The van der Waals surface area contributed by atoms with Crippen molar-refractivity contribution in [2.45, 2.75) is 13.1 Å². The van der Waals surface area contributed by atoms with Gasteiger partial charge in [-0.1, -0.05) is 23.2 Å². The van der Waals surface area contributed by atoms with Crippen molar-refractivity contribution in [3.05, 3.63) is 52.0 Å². The van der Waals surface area contributed by atoms with E-state index >= 15 is 0 Å². The first-order valence-corrected chi connectivity index (χ1v) is 10.4. The Bertz CT molecular complexity index is 1010. The summed E-state index contributed by atoms with van der Waals surface area (Å²) in [6, 6.07) is 9.93. The van der Waals surface area contributed by atoms with Gasteiger partial charge in [0.05, 0.1) is 10.7 Å². The Morgan fingerprint density at radius 1 is 1.03 bits per heavy atom. The van der Waals surface area contributed by atoms with E-state index in [-0.39, 0.29) is 38.7 Å². The van der Waals surface area contributed by atoms with Gasteiger partial charge in [-0.15, -0.1) is 0 Å². The Morgan fingerprint density at radius 2 is 1.72 bits per heavy atom. The van der Waals surface area contributed by atoms with Gasteiger partial charge in [-0.2, -0.15) is 13.2 Å². The molecule has 0 radical (unpaired) electrons. The lowest BCUT2D eigenvalue weighted by Crippen LogP contribution is -2.52. The lowest BCUT2D eigenvalue weighted by molar-refractivity contribution is -0.185. The average Bonchev–Trinajstić information content (AvgIpc) is 2.74. The maximum atomic E-state index is 12.6. The molecule has 1 aliphatic heterocycles. The summed E-state index contributed by atoms with van der Waals surface area (Å²) in [6.45, 7) is 1.91. The van der Waals surface area contributed by atoms with Gasteiger partial charge in [0.25, 0.3) is 5.91 Å². The summed E-state index contributed by atoms with van der Waals surface area (Å²) < 4.78 is 43.2. The van der Waals surface area contributed by atoms with Crippen LogP contribution in [0.25, 0.3) is 0 Å². The summed E-state index contributed by atoms with van der Waals surface area (Å²) >= 11 is 12.3. The van der Waals surface area contributed by atoms with Crippen LogP contribution in [0, 0.1) is 6.92 Å². The van der Waals surface area contributed by atoms with Gasteiger partial charge < -0.3 is 19.9 Å². The second kappa shape index (κ2) is 9.87. The van der Waals surface area contributed by atoms with Crippen LogP contribution in [0.1, 0.15) is 5.56 Å². The molecule has 2 aromatic carbocycles. The lowest BCUT2D eigenvalue weighted by Gasteiger charge is -2.36. The summed E-state index contributed by atoms with van der Waals surface area (Å²) in [6.07, 6.45) is -4.88. The largest absolute Gasteiger partial charge is 0.484 e. The van der Waals surface area contributed by atoms with Crippen molar-refractivity contribution in [3.63, 3.8) is 0 Å². The van der Waals surface area contributed by atoms with Gasteiger partial charge in [0.1, 0.15) is 5.75 Å². The van der Waals surface area contributed by atoms with E-state index < -0.39 is 12.1 Å². The van der Waals surface area contributed by atoms with Crippen molar-refractivity contribution in [3.8, 4) is 5.75 Å². The molecule has 0 aromatic heterocycles. The van der Waals surface area contributed by atoms with E-state index in [0.29, 0.717) is 27.2 Å². The molecule has 172 valence electrons. The number of carbonyl (C=O) groups excluding carboxylic acids is 2. The third-order valence-electron chi connectivity index (χ3n) is 4.88. The minimum atomic E-state index is -4.88. The number of benzene rings is 2. The summed E-state index contributed by atoms with van der Waals surface area (Å²) in [5.74, 6) is -1.71. The molecule has 0 unspecified atom stereocenters. The Hall–Kier alpha value is -2.65. The van der Waals surface area contributed by atoms with E-state index in [0.717, 1.165) is 10.5 Å². The molecule has 2 amide bonds. The lowest BCUT2D eigenvalue weighted by atomic mass is 10.2. The molecular formula is C21H20Cl2F3N3O3. The number of halogens is 5. The number of rotatable bonds is 5. The van der Waals surface area contributed by atoms with E-state index in [1.54, 1.807) is 41.3 Å². The zero-order valence-electron chi connectivity index (χ0n) is 17.0. The standard InChI is InChI=1S/C21H20Cl2F3N3O3/c1-13-10-15(3-4-16(13)22)32-12-19(30)27-14-2-5-18(17(23)11-14)28-6-8-29(9-7-28)20(31)21(24,25)26/h2-5,10-11H,6-9,12H2,1H3,(H,27,30). The second-order valence-corrected chi connectivity index (χ2v) is 8.01. The summed E-state index contributed by atoms with van der Waals surface area (Å²) in [5.41, 5.74) is 1.89. The van der Waals surface area contributed by atoms with Gasteiger partial charge in [0, 0.05) is 36.9 Å². The van der Waals surface area contributed by atoms with E-state index in [4.69, 9.17) is 27.9 Å². The molecule has 1 N–H and O–H groups in total. The number of nitrogens with zero attached hydrogens (tertiary/aromatic N) is 2. The Morgan fingerprint density at radius 3 is 2.31 bits per heavy atom. The van der Waals surface area contributed by atoms with Gasteiger partial charge in [-0.3, -0.25) is 9.59 Å². The van der Waals surface area contributed by atoms with Gasteiger partial charge in [0.15, 0.2) is 6.61 Å². The van der Waals surface area contributed by atoms with Gasteiger partial charge >= 0.3 is 12.1 Å². The van der Waals surface area contributed by atoms with Gasteiger partial charge in [-0.05, 0) is 48.9 Å². The molecule has 1 heterocycles. The third-order valence-corrected chi connectivity index (χ3v) is 5.61. The van der Waals surface area contributed by atoms with Crippen molar-refractivity contribution in [1.29, 1.82) is 0 Å². The third kappa shape index (κ3) is 5.98. The van der Waals surface area contributed by atoms with Crippen LogP contribution in [0.4, 0.5) is 24.5 Å². The fraction of sp³-hybridized carbons (Fsp3) is 0.333. The van der Waals surface area contributed by atoms with Crippen LogP contribution in [0.15, 0.2) is 36.4 Å². The quantitative estimate of drug-likeness (QED) is 0.670. The van der Waals surface area contributed by atoms with Crippen LogP contribution in [-0.2, 0) is 9.59 Å². The molecule has 1 fully saturated rings. The molecular weight excluding hydrogens is 470 g/mol. The highest BCUT2D eigenvalue weighted by Gasteiger charge is 2.43. The normalized spacial score (nSPS) is 14.3. The Balaban J connectivity index is 1.54. The maximum Gasteiger partial charge on any atom is 0.471 e. The predicted octanol–water partition coefficient (Wildman–Crippen LogP) is 4.53. The van der Waals surface area contributed by atoms with Crippen molar-refractivity contribution in [1.82, 2.24) is 4.90 Å². The number of amides is 2. The van der Waals surface area contributed by atoms with E-state index in [9.17, 15) is 22.8 Å². The summed E-state index contributed by atoms with van der Waals surface area (Å²) in [5, 5.41) is 3.61. The number of hydrogen-bond donors (Lipinski definition) is 1. The Labute approximate surface area is 192 Å². The number of carbonyl (C=O) groups is 2. The SMILES string of the molecule is Cc1cc(OCC(=O)Nc2ccc(N3CCN(C(=O)C(F)(F)F)CC3)c(Cl)c2)ccc1Cl. The van der Waals surface area contributed by atoms with Crippen molar-refractivity contribution >= 4 is 46.4 Å². The molecule has 3 rings (SSSR count). The zero-order chi connectivity index (χ0) is 23.5. The molecule has 11 heteroatoms. The number of nitrogens with one attached hydrogen (secondary N) is 1. The highest BCUT2D eigenvalue weighted by molar-refractivity contribution is 6.33. The molecule has 1 aliphatic rings. The van der Waals surface area contributed by atoms with Crippen LogP contribution >= 0.6 is 23.2 Å². The minimum absolute atomic E-state index is 0.0608. The van der Waals surface area contributed by atoms with Crippen LogP contribution in [0.2, 0.25) is 10.0 Å². The monoisotopic (exact) mass is 489 g/mol. The van der Waals surface area contributed by atoms with Gasteiger partial charge in [0.2, 0.25) is 0 Å². The first-order valence-electron chi connectivity index (χ1n) is 9.64. The van der Waals surface area contributed by atoms with Crippen molar-refractivity contribution in [2.75, 3.05) is 43.0 Å². The molecule has 0 aliphatic carbocycles. The Kier molecular flexibility index (Phi) is 7.40. The first-order chi connectivity index (χ1) is 15.0. The molecule has 2 aromatic rings. The topological polar surface area (TPSA) is 61.9 Å². The molecule has 0 saturated carbocycles. The van der Waals surface area contributed by atoms with Crippen molar-refractivity contribution < 1.29 is 27.5 Å². The van der Waals surface area contributed by atoms with E-state index in [1.807, 2.05) is 6.92 Å². The highest BCUT2D eigenvalue weighted by atomic mass is 35.5. The smallest absolute Gasteiger partial charge is 0.471 e. The number of ether oxygens (including phenoxy) is 1. The predicted molar refractivity (Wildman–Crippen MR) is 117 cm³/mol.